The second-order valence-corrected chi connectivity index (χ2v) is 4.72. The average Bonchev–Trinajstić information content (AvgIpc) is 2.47. The Kier molecular flexibility index (Phi) is 7.56. The normalized spacial score (nSPS) is 11.8. The van der Waals surface area contributed by atoms with Crippen LogP contribution in [-0.2, 0) is 16.1 Å². The lowest BCUT2D eigenvalue weighted by molar-refractivity contribution is -0.121. The molecule has 1 rings (SSSR count). The van der Waals surface area contributed by atoms with E-state index in [1.807, 2.05) is 25.1 Å². The Hall–Kier alpha value is -1.79. The molecule has 1 aromatic carbocycles. The van der Waals surface area contributed by atoms with Crippen LogP contribution in [0, 0.1) is 0 Å². The van der Waals surface area contributed by atoms with E-state index in [0.29, 0.717) is 24.7 Å². The van der Waals surface area contributed by atoms with Crippen molar-refractivity contribution in [3.8, 4) is 11.5 Å². The highest BCUT2D eigenvalue weighted by molar-refractivity contribution is 5.78. The topological polar surface area (TPSA) is 68.8 Å². The van der Waals surface area contributed by atoms with Crippen LogP contribution in [0.4, 0.5) is 0 Å². The number of carbonyl (C=O) groups is 1. The number of hydrogen-bond acceptors (Lipinski definition) is 5. The first-order chi connectivity index (χ1) is 10.1. The number of carbonyl (C=O) groups excluding carboxylic acids is 1. The van der Waals surface area contributed by atoms with Crippen LogP contribution in [0.25, 0.3) is 0 Å². The van der Waals surface area contributed by atoms with Crippen LogP contribution in [0.2, 0.25) is 0 Å². The van der Waals surface area contributed by atoms with E-state index in [9.17, 15) is 4.79 Å². The number of rotatable bonds is 9. The first-order valence-electron chi connectivity index (χ1n) is 6.80. The molecule has 0 saturated carbocycles. The summed E-state index contributed by atoms with van der Waals surface area (Å²) in [7, 11) is 4.80. The second-order valence-electron chi connectivity index (χ2n) is 4.72. The quantitative estimate of drug-likeness (QED) is 0.710. The van der Waals surface area contributed by atoms with Gasteiger partial charge in [-0.3, -0.25) is 4.79 Å². The van der Waals surface area contributed by atoms with Gasteiger partial charge in [-0.1, -0.05) is 6.07 Å². The number of nitrogens with one attached hydrogen (secondary N) is 2. The zero-order chi connectivity index (χ0) is 15.7. The molecule has 1 atom stereocenters. The maximum Gasteiger partial charge on any atom is 0.234 e. The molecule has 6 nitrogen and oxygen atoms in total. The lowest BCUT2D eigenvalue weighted by Crippen LogP contribution is -2.40. The van der Waals surface area contributed by atoms with Crippen LogP contribution in [0.3, 0.4) is 0 Å². The fourth-order valence-corrected chi connectivity index (χ4v) is 1.93. The maximum atomic E-state index is 11.7. The molecular formula is C15H24N2O4. The summed E-state index contributed by atoms with van der Waals surface area (Å²) in [5.41, 5.74) is 1.02. The van der Waals surface area contributed by atoms with Gasteiger partial charge >= 0.3 is 0 Å². The fraction of sp³-hybridized carbons (Fsp3) is 0.533. The smallest absolute Gasteiger partial charge is 0.234 e. The first kappa shape index (κ1) is 17.3. The highest BCUT2D eigenvalue weighted by Gasteiger charge is 2.07. The Labute approximate surface area is 125 Å². The van der Waals surface area contributed by atoms with E-state index in [2.05, 4.69) is 10.6 Å². The van der Waals surface area contributed by atoms with Crippen LogP contribution < -0.4 is 20.1 Å². The molecule has 0 aliphatic heterocycles. The number of benzene rings is 1. The van der Waals surface area contributed by atoms with E-state index in [4.69, 9.17) is 14.2 Å². The Bertz CT molecular complexity index is 451. The molecule has 0 fully saturated rings. The molecule has 1 unspecified atom stereocenters. The molecular weight excluding hydrogens is 272 g/mol. The highest BCUT2D eigenvalue weighted by Crippen LogP contribution is 2.27. The summed E-state index contributed by atoms with van der Waals surface area (Å²) in [6.07, 6.45) is 0. The van der Waals surface area contributed by atoms with Gasteiger partial charge in [0, 0.05) is 19.7 Å². The number of hydrogen-bond donors (Lipinski definition) is 2. The Morgan fingerprint density at radius 1 is 1.19 bits per heavy atom. The van der Waals surface area contributed by atoms with Gasteiger partial charge < -0.3 is 24.8 Å². The number of methoxy groups -OCH3 is 3. The highest BCUT2D eigenvalue weighted by atomic mass is 16.5. The van der Waals surface area contributed by atoms with Gasteiger partial charge in [0.15, 0.2) is 11.5 Å². The van der Waals surface area contributed by atoms with Gasteiger partial charge in [-0.2, -0.15) is 0 Å². The third kappa shape index (κ3) is 6.01. The van der Waals surface area contributed by atoms with E-state index in [1.54, 1.807) is 21.3 Å². The second kappa shape index (κ2) is 9.20. The Balaban J connectivity index is 2.40. The molecule has 0 spiro atoms. The maximum absolute atomic E-state index is 11.7. The Morgan fingerprint density at radius 3 is 2.52 bits per heavy atom. The zero-order valence-corrected chi connectivity index (χ0v) is 13.1. The molecule has 0 bridgehead atoms. The molecule has 1 aromatic rings. The van der Waals surface area contributed by atoms with Crippen LogP contribution in [0.1, 0.15) is 12.5 Å². The van der Waals surface area contributed by atoms with E-state index in [1.165, 1.54) is 0 Å². The standard InChI is InChI=1S/C15H24N2O4/c1-11(10-19-2)17-15(18)9-16-8-12-5-6-13(20-3)14(7-12)21-4/h5-7,11,16H,8-10H2,1-4H3,(H,17,18). The summed E-state index contributed by atoms with van der Waals surface area (Å²) in [5.74, 6) is 1.31. The van der Waals surface area contributed by atoms with Crippen LogP contribution in [0.15, 0.2) is 18.2 Å². The lowest BCUT2D eigenvalue weighted by atomic mass is 10.2. The minimum atomic E-state index is -0.0555. The van der Waals surface area contributed by atoms with Crippen molar-refractivity contribution in [2.75, 3.05) is 34.5 Å². The number of amides is 1. The minimum Gasteiger partial charge on any atom is -0.493 e. The molecule has 0 aromatic heterocycles. The summed E-state index contributed by atoms with van der Waals surface area (Å²) >= 11 is 0. The van der Waals surface area contributed by atoms with Crippen LogP contribution in [0.5, 0.6) is 11.5 Å². The molecule has 0 aliphatic rings. The molecule has 1 amide bonds. The van der Waals surface area contributed by atoms with Crippen molar-refractivity contribution in [2.45, 2.75) is 19.5 Å². The predicted octanol–water partition coefficient (Wildman–Crippen LogP) is 0.945. The van der Waals surface area contributed by atoms with Crippen molar-refractivity contribution in [1.82, 2.24) is 10.6 Å². The zero-order valence-electron chi connectivity index (χ0n) is 13.1. The average molecular weight is 296 g/mol. The minimum absolute atomic E-state index is 0.00498. The molecule has 0 aliphatic carbocycles. The van der Waals surface area contributed by atoms with Crippen molar-refractivity contribution >= 4 is 5.91 Å². The molecule has 21 heavy (non-hydrogen) atoms. The molecule has 0 heterocycles. The third-order valence-electron chi connectivity index (χ3n) is 2.89. The van der Waals surface area contributed by atoms with E-state index >= 15 is 0 Å². The summed E-state index contributed by atoms with van der Waals surface area (Å²) in [5, 5.41) is 5.93. The third-order valence-corrected chi connectivity index (χ3v) is 2.89. The predicted molar refractivity (Wildman–Crippen MR) is 80.7 cm³/mol. The molecule has 0 radical (unpaired) electrons. The van der Waals surface area contributed by atoms with Crippen molar-refractivity contribution in [1.29, 1.82) is 0 Å². The van der Waals surface area contributed by atoms with Gasteiger partial charge in [0.05, 0.1) is 27.4 Å². The van der Waals surface area contributed by atoms with E-state index in [0.717, 1.165) is 5.56 Å². The summed E-state index contributed by atoms with van der Waals surface area (Å²) in [4.78, 5) is 11.7. The summed E-state index contributed by atoms with van der Waals surface area (Å²) in [6, 6.07) is 5.67. The molecule has 2 N–H and O–H groups in total. The van der Waals surface area contributed by atoms with Crippen molar-refractivity contribution in [3.05, 3.63) is 23.8 Å². The first-order valence-corrected chi connectivity index (χ1v) is 6.80. The molecule has 6 heteroatoms. The van der Waals surface area contributed by atoms with Gasteiger partial charge in [-0.05, 0) is 24.6 Å². The lowest BCUT2D eigenvalue weighted by Gasteiger charge is -2.13. The van der Waals surface area contributed by atoms with E-state index in [-0.39, 0.29) is 18.5 Å². The van der Waals surface area contributed by atoms with Crippen LogP contribution in [-0.4, -0.2) is 46.4 Å². The van der Waals surface area contributed by atoms with Gasteiger partial charge in [0.1, 0.15) is 0 Å². The largest absolute Gasteiger partial charge is 0.493 e. The summed E-state index contributed by atoms with van der Waals surface area (Å²) < 4.78 is 15.4. The Morgan fingerprint density at radius 2 is 1.90 bits per heavy atom. The van der Waals surface area contributed by atoms with Crippen molar-refractivity contribution < 1.29 is 19.0 Å². The van der Waals surface area contributed by atoms with Gasteiger partial charge in [-0.15, -0.1) is 0 Å². The monoisotopic (exact) mass is 296 g/mol. The van der Waals surface area contributed by atoms with Gasteiger partial charge in [0.25, 0.3) is 0 Å². The molecule has 0 saturated heterocycles. The van der Waals surface area contributed by atoms with E-state index < -0.39 is 0 Å². The number of ether oxygens (including phenoxy) is 3. The van der Waals surface area contributed by atoms with Crippen molar-refractivity contribution in [3.63, 3.8) is 0 Å². The van der Waals surface area contributed by atoms with Gasteiger partial charge in [-0.25, -0.2) is 0 Å². The van der Waals surface area contributed by atoms with Crippen molar-refractivity contribution in [2.24, 2.45) is 0 Å². The fourth-order valence-electron chi connectivity index (χ4n) is 1.93. The van der Waals surface area contributed by atoms with Gasteiger partial charge in [0.2, 0.25) is 5.91 Å². The SMILES string of the molecule is COCC(C)NC(=O)CNCc1ccc(OC)c(OC)c1. The molecule has 118 valence electrons. The summed E-state index contributed by atoms with van der Waals surface area (Å²) in [6.45, 7) is 3.23. The van der Waals surface area contributed by atoms with Crippen LogP contribution >= 0.6 is 0 Å².